The Balaban J connectivity index is 1.63. The smallest absolute Gasteiger partial charge is 0.218 e. The van der Waals surface area contributed by atoms with Gasteiger partial charge in [0.2, 0.25) is 6.29 Å². The topological polar surface area (TPSA) is 35.5 Å². The van der Waals surface area contributed by atoms with Crippen molar-refractivity contribution in [3.05, 3.63) is 47.0 Å². The number of hydrogen-bond acceptors (Lipinski definition) is 3. The quantitative estimate of drug-likeness (QED) is 0.798. The summed E-state index contributed by atoms with van der Waals surface area (Å²) in [5.41, 5.74) is 3.83. The van der Waals surface area contributed by atoms with Crippen LogP contribution in [0, 0.1) is 11.8 Å². The molecule has 3 atom stereocenters. The summed E-state index contributed by atoms with van der Waals surface area (Å²) in [6.07, 6.45) is 1.15. The van der Waals surface area contributed by atoms with Gasteiger partial charge in [0.25, 0.3) is 0 Å². The third-order valence-corrected chi connectivity index (χ3v) is 4.70. The van der Waals surface area contributed by atoms with Crippen LogP contribution in [0.1, 0.15) is 32.3 Å². The molecule has 3 nitrogen and oxygen atoms in total. The molecule has 1 aromatic carbocycles. The lowest BCUT2D eigenvalue weighted by Crippen LogP contribution is -2.45. The van der Waals surface area contributed by atoms with Crippen LogP contribution in [0.25, 0.3) is 0 Å². The van der Waals surface area contributed by atoms with Crippen molar-refractivity contribution in [1.82, 2.24) is 0 Å². The third-order valence-electron chi connectivity index (χ3n) is 4.70. The van der Waals surface area contributed by atoms with E-state index in [0.717, 1.165) is 18.4 Å². The maximum atomic E-state index is 12.6. The molecule has 0 N–H and O–H groups in total. The zero-order chi connectivity index (χ0) is 14.8. The van der Waals surface area contributed by atoms with Crippen molar-refractivity contribution in [2.45, 2.75) is 39.6 Å². The van der Waals surface area contributed by atoms with Crippen molar-refractivity contribution >= 4 is 5.78 Å². The van der Waals surface area contributed by atoms with Gasteiger partial charge < -0.3 is 9.47 Å². The average Bonchev–Trinajstić information content (AvgIpc) is 2.50. The van der Waals surface area contributed by atoms with Crippen molar-refractivity contribution in [3.63, 3.8) is 0 Å². The molecule has 112 valence electrons. The third kappa shape index (κ3) is 3.09. The Kier molecular flexibility index (Phi) is 4.22. The van der Waals surface area contributed by atoms with Crippen LogP contribution in [-0.4, -0.2) is 18.7 Å². The second kappa shape index (κ2) is 6.12. The summed E-state index contributed by atoms with van der Waals surface area (Å²) in [5.74, 6) is 0.523. The number of carbonyl (C=O) groups excluding carboxylic acids is 1. The molecule has 3 rings (SSSR count). The minimum Gasteiger partial charge on any atom is -0.346 e. The van der Waals surface area contributed by atoms with E-state index in [9.17, 15) is 4.79 Å². The Morgan fingerprint density at radius 2 is 1.86 bits per heavy atom. The first-order valence-corrected chi connectivity index (χ1v) is 7.61. The maximum absolute atomic E-state index is 12.6. The number of Topliss-reactive ketones (excluding diaryl/α,β-unsaturated/α-hetero) is 1. The van der Waals surface area contributed by atoms with Gasteiger partial charge in [-0.15, -0.1) is 0 Å². The average molecular weight is 286 g/mol. The van der Waals surface area contributed by atoms with Crippen molar-refractivity contribution in [1.29, 1.82) is 0 Å². The molecule has 1 heterocycles. The summed E-state index contributed by atoms with van der Waals surface area (Å²) in [7, 11) is 0. The Hall–Kier alpha value is -1.45. The van der Waals surface area contributed by atoms with Gasteiger partial charge in [0.05, 0.1) is 13.2 Å². The fourth-order valence-electron chi connectivity index (χ4n) is 3.23. The van der Waals surface area contributed by atoms with Gasteiger partial charge in [-0.2, -0.15) is 0 Å². The van der Waals surface area contributed by atoms with Gasteiger partial charge in [-0.25, -0.2) is 0 Å². The number of ketones is 1. The molecule has 21 heavy (non-hydrogen) atoms. The van der Waals surface area contributed by atoms with E-state index in [1.807, 2.05) is 30.3 Å². The maximum Gasteiger partial charge on any atom is 0.218 e. The van der Waals surface area contributed by atoms with Crippen LogP contribution in [-0.2, 0) is 20.9 Å². The van der Waals surface area contributed by atoms with Crippen molar-refractivity contribution < 1.29 is 14.3 Å². The molecule has 0 unspecified atom stereocenters. The molecule has 1 fully saturated rings. The fraction of sp³-hybridized carbons (Fsp3) is 0.500. The highest BCUT2D eigenvalue weighted by Gasteiger charge is 2.41. The van der Waals surface area contributed by atoms with Gasteiger partial charge in [0.15, 0.2) is 5.78 Å². The standard InChI is InChI=1S/C18H22O3/c1-12-8-15-11-21-18(17(19)16(15)9-13(12)2)20-10-14-6-4-3-5-7-14/h3-7,15-16,18H,8-11H2,1-2H3/t15-,16-,18-/m1/s1. The summed E-state index contributed by atoms with van der Waals surface area (Å²) in [6, 6.07) is 9.89. The van der Waals surface area contributed by atoms with Gasteiger partial charge in [0.1, 0.15) is 0 Å². The number of allylic oxidation sites excluding steroid dienone is 2. The molecule has 1 saturated heterocycles. The molecular weight excluding hydrogens is 264 g/mol. The van der Waals surface area contributed by atoms with E-state index in [0.29, 0.717) is 19.1 Å². The molecular formula is C18H22O3. The largest absolute Gasteiger partial charge is 0.346 e. The van der Waals surface area contributed by atoms with Crippen molar-refractivity contribution in [2.24, 2.45) is 11.8 Å². The molecule has 2 aliphatic rings. The first-order chi connectivity index (χ1) is 10.1. The van der Waals surface area contributed by atoms with Crippen LogP contribution in [0.15, 0.2) is 41.5 Å². The highest BCUT2D eigenvalue weighted by Crippen LogP contribution is 2.38. The minimum atomic E-state index is -0.697. The Morgan fingerprint density at radius 3 is 2.62 bits per heavy atom. The number of ether oxygens (including phenoxy) is 2. The molecule has 0 saturated carbocycles. The summed E-state index contributed by atoms with van der Waals surface area (Å²) in [4.78, 5) is 12.6. The number of benzene rings is 1. The summed E-state index contributed by atoms with van der Waals surface area (Å²) < 4.78 is 11.4. The van der Waals surface area contributed by atoms with Crippen molar-refractivity contribution in [3.8, 4) is 0 Å². The van der Waals surface area contributed by atoms with E-state index in [1.165, 1.54) is 11.1 Å². The zero-order valence-electron chi connectivity index (χ0n) is 12.7. The highest BCUT2D eigenvalue weighted by atomic mass is 16.7. The van der Waals surface area contributed by atoms with Gasteiger partial charge >= 0.3 is 0 Å². The minimum absolute atomic E-state index is 0.0724. The molecule has 0 amide bonds. The van der Waals surface area contributed by atoms with E-state index >= 15 is 0 Å². The molecule has 1 aliphatic carbocycles. The highest BCUT2D eigenvalue weighted by molar-refractivity contribution is 5.85. The van der Waals surface area contributed by atoms with E-state index in [2.05, 4.69) is 13.8 Å². The molecule has 0 radical (unpaired) electrons. The lowest BCUT2D eigenvalue weighted by molar-refractivity contribution is -0.198. The summed E-state index contributed by atoms with van der Waals surface area (Å²) in [5, 5.41) is 0. The van der Waals surface area contributed by atoms with Crippen LogP contribution in [0.2, 0.25) is 0 Å². The van der Waals surface area contributed by atoms with E-state index in [-0.39, 0.29) is 11.7 Å². The Bertz CT molecular complexity index is 547. The predicted octanol–water partition coefficient (Wildman–Crippen LogP) is 3.49. The second-order valence-electron chi connectivity index (χ2n) is 6.20. The summed E-state index contributed by atoms with van der Waals surface area (Å²) in [6.45, 7) is 5.34. The number of carbonyl (C=O) groups is 1. The monoisotopic (exact) mass is 286 g/mol. The molecule has 0 spiro atoms. The first kappa shape index (κ1) is 14.5. The zero-order valence-corrected chi connectivity index (χ0v) is 12.7. The molecule has 0 bridgehead atoms. The molecule has 3 heteroatoms. The molecule has 1 aliphatic heterocycles. The lowest BCUT2D eigenvalue weighted by atomic mass is 9.73. The number of rotatable bonds is 3. The summed E-state index contributed by atoms with van der Waals surface area (Å²) >= 11 is 0. The molecule has 1 aromatic rings. The van der Waals surface area contributed by atoms with E-state index < -0.39 is 6.29 Å². The van der Waals surface area contributed by atoms with Crippen LogP contribution in [0.5, 0.6) is 0 Å². The van der Waals surface area contributed by atoms with Gasteiger partial charge in [-0.3, -0.25) is 4.79 Å². The van der Waals surface area contributed by atoms with Gasteiger partial charge in [-0.1, -0.05) is 41.5 Å². The Labute approximate surface area is 125 Å². The predicted molar refractivity (Wildman–Crippen MR) is 80.6 cm³/mol. The van der Waals surface area contributed by atoms with Crippen LogP contribution < -0.4 is 0 Å². The van der Waals surface area contributed by atoms with Crippen LogP contribution >= 0.6 is 0 Å². The normalized spacial score (nSPS) is 29.4. The van der Waals surface area contributed by atoms with E-state index in [1.54, 1.807) is 0 Å². The van der Waals surface area contributed by atoms with Crippen molar-refractivity contribution in [2.75, 3.05) is 6.61 Å². The van der Waals surface area contributed by atoms with Gasteiger partial charge in [-0.05, 0) is 38.2 Å². The number of fused-ring (bicyclic) bond motifs is 1. The lowest BCUT2D eigenvalue weighted by Gasteiger charge is -2.38. The molecule has 0 aromatic heterocycles. The van der Waals surface area contributed by atoms with Crippen LogP contribution in [0.4, 0.5) is 0 Å². The fourth-order valence-corrected chi connectivity index (χ4v) is 3.23. The van der Waals surface area contributed by atoms with Crippen LogP contribution in [0.3, 0.4) is 0 Å². The first-order valence-electron chi connectivity index (χ1n) is 7.61. The SMILES string of the molecule is CC1=C(C)C[C@H]2C(=O)[C@H](OCc3ccccc3)OC[C@H]2C1. The van der Waals surface area contributed by atoms with E-state index in [4.69, 9.17) is 9.47 Å². The Morgan fingerprint density at radius 1 is 1.14 bits per heavy atom. The second-order valence-corrected chi connectivity index (χ2v) is 6.20. The number of hydrogen-bond donors (Lipinski definition) is 0. The van der Waals surface area contributed by atoms with Gasteiger partial charge in [0, 0.05) is 5.92 Å².